The van der Waals surface area contributed by atoms with Crippen LogP contribution in [0.5, 0.6) is 0 Å². The molecule has 1 aliphatic heterocycles. The first kappa shape index (κ1) is 24.0. The molecule has 3 aromatic rings. The van der Waals surface area contributed by atoms with Crippen LogP contribution >= 0.6 is 0 Å². The van der Waals surface area contributed by atoms with Crippen LogP contribution in [0.15, 0.2) is 18.7 Å². The normalized spacial score (nSPS) is 20.4. The molecule has 4 heterocycles. The molecule has 0 aliphatic carbocycles. The zero-order valence-electron chi connectivity index (χ0n) is 20.5. The lowest BCUT2D eigenvalue weighted by Gasteiger charge is -2.38. The fraction of sp³-hybridized carbons (Fsp3) is 0.565. The quantitative estimate of drug-likeness (QED) is 0.555. The number of imidazole rings is 1. The molecule has 1 fully saturated rings. The van der Waals surface area contributed by atoms with E-state index in [0.29, 0.717) is 48.3 Å². The van der Waals surface area contributed by atoms with E-state index in [9.17, 15) is 4.79 Å². The highest BCUT2D eigenvalue weighted by molar-refractivity contribution is 5.91. The molecule has 1 N–H and O–H groups in total. The maximum Gasteiger partial charge on any atom is 0.247 e. The molecule has 182 valence electrons. The molecule has 11 heteroatoms. The fourth-order valence-corrected chi connectivity index (χ4v) is 4.29. The van der Waals surface area contributed by atoms with Crippen molar-refractivity contribution in [1.29, 1.82) is 0 Å². The molecule has 3 aromatic heterocycles. The molecule has 34 heavy (non-hydrogen) atoms. The molecule has 1 aliphatic rings. The maximum atomic E-state index is 13.6. The van der Waals surface area contributed by atoms with Gasteiger partial charge in [0, 0.05) is 39.1 Å². The Morgan fingerprint density at radius 1 is 1.21 bits per heavy atom. The second-order valence-electron chi connectivity index (χ2n) is 8.66. The first-order valence-electron chi connectivity index (χ1n) is 11.6. The number of fused-ring (bicyclic) bond motifs is 1. The third kappa shape index (κ3) is 4.71. The summed E-state index contributed by atoms with van der Waals surface area (Å²) in [5, 5.41) is 3.31. The van der Waals surface area contributed by atoms with E-state index in [1.807, 2.05) is 44.1 Å². The van der Waals surface area contributed by atoms with Gasteiger partial charge < -0.3 is 24.3 Å². The van der Waals surface area contributed by atoms with Gasteiger partial charge in [-0.2, -0.15) is 0 Å². The van der Waals surface area contributed by atoms with Crippen molar-refractivity contribution in [3.63, 3.8) is 0 Å². The van der Waals surface area contributed by atoms with Gasteiger partial charge in [-0.05, 0) is 34.6 Å². The van der Waals surface area contributed by atoms with E-state index < -0.39 is 12.1 Å². The Morgan fingerprint density at radius 3 is 2.50 bits per heavy atom. The van der Waals surface area contributed by atoms with Gasteiger partial charge in [0.15, 0.2) is 17.0 Å². The standard InChI is InChI=1S/C23H32N8O3/c1-7-31-21(17-8-24-16(5)25-9-17)29-19-20(26-12-27-22(19)31)28-18(15(4)33-6)23(32)30-10-13(2)34-14(3)11-30/h8-9,12-15,18H,7,10-11H2,1-6H3,(H,26,27,28)/t13-,14+,15-,18-/m0/s1. The predicted octanol–water partition coefficient (Wildman–Crippen LogP) is 2.06. The number of amides is 1. The van der Waals surface area contributed by atoms with E-state index in [4.69, 9.17) is 14.5 Å². The Morgan fingerprint density at radius 2 is 1.88 bits per heavy atom. The molecule has 1 amide bonds. The Balaban J connectivity index is 1.71. The Labute approximate surface area is 198 Å². The van der Waals surface area contributed by atoms with Gasteiger partial charge in [0.05, 0.1) is 23.9 Å². The van der Waals surface area contributed by atoms with Crippen LogP contribution < -0.4 is 5.32 Å². The molecule has 0 spiro atoms. The Hall–Kier alpha value is -3.18. The minimum Gasteiger partial charge on any atom is -0.379 e. The Bertz CT molecular complexity index is 1140. The number of aromatic nitrogens is 6. The summed E-state index contributed by atoms with van der Waals surface area (Å²) in [5.41, 5.74) is 2.02. The first-order valence-corrected chi connectivity index (χ1v) is 11.6. The summed E-state index contributed by atoms with van der Waals surface area (Å²) in [6, 6.07) is -0.654. The highest BCUT2D eigenvalue weighted by Crippen LogP contribution is 2.27. The molecular weight excluding hydrogens is 436 g/mol. The van der Waals surface area contributed by atoms with Gasteiger partial charge in [0.1, 0.15) is 24.0 Å². The lowest BCUT2D eigenvalue weighted by Crippen LogP contribution is -2.55. The predicted molar refractivity (Wildman–Crippen MR) is 127 cm³/mol. The van der Waals surface area contributed by atoms with E-state index >= 15 is 0 Å². The molecule has 0 bridgehead atoms. The number of carbonyl (C=O) groups is 1. The molecule has 0 unspecified atom stereocenters. The second-order valence-corrected chi connectivity index (χ2v) is 8.66. The van der Waals surface area contributed by atoms with Crippen LogP contribution in [-0.4, -0.2) is 84.8 Å². The fourth-order valence-electron chi connectivity index (χ4n) is 4.29. The van der Waals surface area contributed by atoms with Crippen LogP contribution in [0.1, 0.15) is 33.5 Å². The average molecular weight is 469 g/mol. The largest absolute Gasteiger partial charge is 0.379 e. The van der Waals surface area contributed by atoms with Crippen molar-refractivity contribution in [2.75, 3.05) is 25.5 Å². The average Bonchev–Trinajstić information content (AvgIpc) is 3.21. The van der Waals surface area contributed by atoms with Crippen LogP contribution in [0.3, 0.4) is 0 Å². The third-order valence-electron chi connectivity index (χ3n) is 6.02. The SMILES string of the molecule is CCn1c(-c2cnc(C)nc2)nc2c(N[C@H](C(=O)N3C[C@@H](C)O[C@@H](C)C3)[C@H](C)OC)ncnc21. The molecule has 0 saturated carbocycles. The van der Waals surface area contributed by atoms with Crippen molar-refractivity contribution in [1.82, 2.24) is 34.4 Å². The second kappa shape index (κ2) is 9.98. The molecule has 0 aromatic carbocycles. The van der Waals surface area contributed by atoms with Gasteiger partial charge >= 0.3 is 0 Å². The van der Waals surface area contributed by atoms with Crippen molar-refractivity contribution in [3.05, 3.63) is 24.5 Å². The highest BCUT2D eigenvalue weighted by Gasteiger charge is 2.34. The zero-order chi connectivity index (χ0) is 24.4. The van der Waals surface area contributed by atoms with Crippen molar-refractivity contribution in [3.8, 4) is 11.4 Å². The Kier molecular flexibility index (Phi) is 7.03. The summed E-state index contributed by atoms with van der Waals surface area (Å²) in [7, 11) is 1.59. The topological polar surface area (TPSA) is 120 Å². The van der Waals surface area contributed by atoms with E-state index in [1.165, 1.54) is 6.33 Å². The number of nitrogens with one attached hydrogen (secondary N) is 1. The van der Waals surface area contributed by atoms with Crippen molar-refractivity contribution >= 4 is 22.9 Å². The third-order valence-corrected chi connectivity index (χ3v) is 6.02. The summed E-state index contributed by atoms with van der Waals surface area (Å²) in [5.74, 6) is 1.79. The number of nitrogens with zero attached hydrogens (tertiary/aromatic N) is 7. The maximum absolute atomic E-state index is 13.6. The van der Waals surface area contributed by atoms with Crippen molar-refractivity contribution in [2.45, 2.75) is 65.5 Å². The molecule has 0 radical (unpaired) electrons. The lowest BCUT2D eigenvalue weighted by molar-refractivity contribution is -0.146. The summed E-state index contributed by atoms with van der Waals surface area (Å²) >= 11 is 0. The highest BCUT2D eigenvalue weighted by atomic mass is 16.5. The number of methoxy groups -OCH3 is 1. The minimum atomic E-state index is -0.654. The minimum absolute atomic E-state index is 0.0310. The number of hydrogen-bond donors (Lipinski definition) is 1. The van der Waals surface area contributed by atoms with E-state index in [-0.39, 0.29) is 18.1 Å². The smallest absolute Gasteiger partial charge is 0.247 e. The summed E-state index contributed by atoms with van der Waals surface area (Å²) in [6.45, 7) is 11.4. The van der Waals surface area contributed by atoms with Crippen LogP contribution in [0.4, 0.5) is 5.82 Å². The number of carbonyl (C=O) groups excluding carboxylic acids is 1. The van der Waals surface area contributed by atoms with Gasteiger partial charge in [-0.1, -0.05) is 0 Å². The van der Waals surface area contributed by atoms with E-state index in [2.05, 4.69) is 25.3 Å². The summed E-state index contributed by atoms with van der Waals surface area (Å²) in [6.07, 6.45) is 4.51. The molecular formula is C23H32N8O3. The van der Waals surface area contributed by atoms with Gasteiger partial charge in [-0.3, -0.25) is 4.79 Å². The van der Waals surface area contributed by atoms with Crippen LogP contribution in [0, 0.1) is 6.92 Å². The summed E-state index contributed by atoms with van der Waals surface area (Å²) < 4.78 is 13.3. The van der Waals surface area contributed by atoms with Gasteiger partial charge in [-0.25, -0.2) is 24.9 Å². The van der Waals surface area contributed by atoms with E-state index in [0.717, 1.165) is 5.56 Å². The molecule has 4 atom stereocenters. The van der Waals surface area contributed by atoms with Crippen molar-refractivity contribution < 1.29 is 14.3 Å². The number of hydrogen-bond acceptors (Lipinski definition) is 9. The van der Waals surface area contributed by atoms with E-state index in [1.54, 1.807) is 19.5 Å². The van der Waals surface area contributed by atoms with Gasteiger partial charge in [0.25, 0.3) is 0 Å². The van der Waals surface area contributed by atoms with Gasteiger partial charge in [-0.15, -0.1) is 0 Å². The number of morpholine rings is 1. The zero-order valence-corrected chi connectivity index (χ0v) is 20.5. The number of rotatable bonds is 7. The van der Waals surface area contributed by atoms with Crippen LogP contribution in [0.2, 0.25) is 0 Å². The first-order chi connectivity index (χ1) is 16.3. The monoisotopic (exact) mass is 468 g/mol. The van der Waals surface area contributed by atoms with Gasteiger partial charge in [0.2, 0.25) is 5.91 Å². The van der Waals surface area contributed by atoms with Crippen molar-refractivity contribution in [2.24, 2.45) is 0 Å². The molecule has 1 saturated heterocycles. The van der Waals surface area contributed by atoms with Crippen LogP contribution in [-0.2, 0) is 20.8 Å². The number of ether oxygens (including phenoxy) is 2. The lowest BCUT2D eigenvalue weighted by atomic mass is 10.1. The van der Waals surface area contributed by atoms with Crippen LogP contribution in [0.25, 0.3) is 22.6 Å². The molecule has 11 nitrogen and oxygen atoms in total. The number of anilines is 1. The molecule has 4 rings (SSSR count). The number of aryl methyl sites for hydroxylation is 2. The summed E-state index contributed by atoms with van der Waals surface area (Å²) in [4.78, 5) is 37.7.